The van der Waals surface area contributed by atoms with E-state index >= 15 is 0 Å². The first kappa shape index (κ1) is 13.7. The molecule has 0 atom stereocenters. The Balaban J connectivity index is 2.70. The van der Waals surface area contributed by atoms with Crippen molar-refractivity contribution in [2.75, 3.05) is 7.11 Å². The summed E-state index contributed by atoms with van der Waals surface area (Å²) in [6.45, 7) is 1.65. The minimum atomic E-state index is -0.505. The van der Waals surface area contributed by atoms with Crippen molar-refractivity contribution in [3.8, 4) is 11.1 Å². The van der Waals surface area contributed by atoms with Crippen LogP contribution in [0.5, 0.6) is 0 Å². The first-order valence-electron chi connectivity index (χ1n) is 5.97. The molecule has 0 saturated carbocycles. The zero-order valence-corrected chi connectivity index (χ0v) is 11.1. The van der Waals surface area contributed by atoms with Gasteiger partial charge < -0.3 is 4.74 Å². The van der Waals surface area contributed by atoms with E-state index in [1.165, 1.54) is 19.2 Å². The summed E-state index contributed by atoms with van der Waals surface area (Å²) in [7, 11) is 1.28. The highest BCUT2D eigenvalue weighted by Crippen LogP contribution is 2.32. The number of rotatable bonds is 3. The minimum absolute atomic E-state index is 0.0265. The maximum Gasteiger partial charge on any atom is 0.338 e. The van der Waals surface area contributed by atoms with Crippen molar-refractivity contribution in [2.45, 2.75) is 6.92 Å². The number of nitro groups is 1. The van der Waals surface area contributed by atoms with Gasteiger partial charge in [0.25, 0.3) is 5.69 Å². The first-order chi connectivity index (χ1) is 9.54. The number of hydrogen-bond acceptors (Lipinski definition) is 4. The molecule has 0 heterocycles. The predicted octanol–water partition coefficient (Wildman–Crippen LogP) is 3.36. The van der Waals surface area contributed by atoms with Crippen molar-refractivity contribution in [3.05, 3.63) is 63.7 Å². The number of carbonyl (C=O) groups is 1. The minimum Gasteiger partial charge on any atom is -0.465 e. The second-order valence-electron chi connectivity index (χ2n) is 4.30. The smallest absolute Gasteiger partial charge is 0.338 e. The lowest BCUT2D eigenvalue weighted by Gasteiger charge is -2.08. The van der Waals surface area contributed by atoms with Gasteiger partial charge in [-0.15, -0.1) is 0 Å². The average Bonchev–Trinajstić information content (AvgIpc) is 2.47. The molecule has 20 heavy (non-hydrogen) atoms. The number of methoxy groups -OCH3 is 1. The Hall–Kier alpha value is -2.69. The van der Waals surface area contributed by atoms with Crippen LogP contribution in [0.1, 0.15) is 15.9 Å². The lowest BCUT2D eigenvalue weighted by atomic mass is 9.97. The Morgan fingerprint density at radius 1 is 1.20 bits per heavy atom. The van der Waals surface area contributed by atoms with E-state index in [1.54, 1.807) is 31.2 Å². The molecular formula is C15H13NO4. The largest absolute Gasteiger partial charge is 0.465 e. The standard InChI is InChI=1S/C15H13NO4/c1-10-8-14(16(18)19)13(9-12(10)15(17)20-2)11-6-4-3-5-7-11/h3-9H,1-2H3. The summed E-state index contributed by atoms with van der Waals surface area (Å²) in [6.07, 6.45) is 0. The maximum atomic E-state index is 11.7. The van der Waals surface area contributed by atoms with Crippen LogP contribution in [-0.4, -0.2) is 18.0 Å². The van der Waals surface area contributed by atoms with Crippen LogP contribution in [0.3, 0.4) is 0 Å². The normalized spacial score (nSPS) is 10.1. The highest BCUT2D eigenvalue weighted by Gasteiger charge is 2.21. The molecule has 0 bridgehead atoms. The molecule has 0 aliphatic rings. The first-order valence-corrected chi connectivity index (χ1v) is 5.97. The van der Waals surface area contributed by atoms with Gasteiger partial charge in [0.15, 0.2) is 0 Å². The van der Waals surface area contributed by atoms with Crippen LogP contribution in [0.2, 0.25) is 0 Å². The number of esters is 1. The molecule has 0 fully saturated rings. The van der Waals surface area contributed by atoms with E-state index in [-0.39, 0.29) is 5.69 Å². The molecule has 0 aliphatic carbocycles. The Morgan fingerprint density at radius 2 is 1.85 bits per heavy atom. The van der Waals surface area contributed by atoms with Gasteiger partial charge in [-0.05, 0) is 24.1 Å². The number of benzene rings is 2. The van der Waals surface area contributed by atoms with E-state index in [1.807, 2.05) is 6.07 Å². The lowest BCUT2D eigenvalue weighted by molar-refractivity contribution is -0.384. The molecule has 0 aliphatic heterocycles. The zero-order chi connectivity index (χ0) is 14.7. The third-order valence-corrected chi connectivity index (χ3v) is 3.03. The number of hydrogen-bond donors (Lipinski definition) is 0. The van der Waals surface area contributed by atoms with Crippen molar-refractivity contribution in [2.24, 2.45) is 0 Å². The molecule has 0 N–H and O–H groups in total. The van der Waals surface area contributed by atoms with Crippen LogP contribution in [-0.2, 0) is 4.74 Å². The van der Waals surface area contributed by atoms with Gasteiger partial charge in [-0.25, -0.2) is 4.79 Å². The van der Waals surface area contributed by atoms with Crippen LogP contribution in [0.25, 0.3) is 11.1 Å². The highest BCUT2D eigenvalue weighted by atomic mass is 16.6. The van der Waals surface area contributed by atoms with E-state index in [0.29, 0.717) is 22.3 Å². The van der Waals surface area contributed by atoms with Gasteiger partial charge in [-0.3, -0.25) is 10.1 Å². The molecule has 5 nitrogen and oxygen atoms in total. The third-order valence-electron chi connectivity index (χ3n) is 3.03. The summed E-state index contributed by atoms with van der Waals surface area (Å²) >= 11 is 0. The lowest BCUT2D eigenvalue weighted by Crippen LogP contribution is -2.05. The molecule has 0 radical (unpaired) electrons. The van der Waals surface area contributed by atoms with Gasteiger partial charge in [0.05, 0.1) is 23.2 Å². The molecule has 102 valence electrons. The Labute approximate surface area is 116 Å². The van der Waals surface area contributed by atoms with Crippen molar-refractivity contribution in [1.82, 2.24) is 0 Å². The molecule has 2 rings (SSSR count). The number of nitrogens with zero attached hydrogens (tertiary/aromatic N) is 1. The number of carbonyl (C=O) groups excluding carboxylic acids is 1. The summed E-state index contributed by atoms with van der Waals surface area (Å²) in [5, 5.41) is 11.2. The van der Waals surface area contributed by atoms with Crippen molar-refractivity contribution >= 4 is 11.7 Å². The van der Waals surface area contributed by atoms with Gasteiger partial charge >= 0.3 is 5.97 Å². The number of aryl methyl sites for hydroxylation is 1. The van der Waals surface area contributed by atoms with Gasteiger partial charge in [0, 0.05) is 6.07 Å². The molecule has 0 spiro atoms. The van der Waals surface area contributed by atoms with E-state index in [2.05, 4.69) is 0 Å². The number of ether oxygens (including phenoxy) is 1. The summed E-state index contributed by atoms with van der Waals surface area (Å²) in [6, 6.07) is 11.8. The fourth-order valence-electron chi connectivity index (χ4n) is 2.02. The Kier molecular flexibility index (Phi) is 3.79. The van der Waals surface area contributed by atoms with Crippen molar-refractivity contribution in [1.29, 1.82) is 0 Å². The number of nitro benzene ring substituents is 1. The van der Waals surface area contributed by atoms with E-state index < -0.39 is 10.9 Å². The Morgan fingerprint density at radius 3 is 2.40 bits per heavy atom. The van der Waals surface area contributed by atoms with Crippen LogP contribution >= 0.6 is 0 Å². The van der Waals surface area contributed by atoms with E-state index in [4.69, 9.17) is 4.74 Å². The van der Waals surface area contributed by atoms with E-state index in [0.717, 1.165) is 0 Å². The molecule has 0 aromatic heterocycles. The van der Waals surface area contributed by atoms with Crippen LogP contribution in [0, 0.1) is 17.0 Å². The highest BCUT2D eigenvalue weighted by molar-refractivity contribution is 5.94. The predicted molar refractivity (Wildman–Crippen MR) is 74.6 cm³/mol. The average molecular weight is 271 g/mol. The topological polar surface area (TPSA) is 69.4 Å². The molecule has 0 amide bonds. The fourth-order valence-corrected chi connectivity index (χ4v) is 2.02. The summed E-state index contributed by atoms with van der Waals surface area (Å²) < 4.78 is 4.70. The van der Waals surface area contributed by atoms with Crippen LogP contribution in [0.15, 0.2) is 42.5 Å². The molecule has 5 heteroatoms. The summed E-state index contributed by atoms with van der Waals surface area (Å²) in [5.41, 5.74) is 1.91. The molecule has 2 aromatic carbocycles. The molecule has 0 saturated heterocycles. The maximum absolute atomic E-state index is 11.7. The zero-order valence-electron chi connectivity index (χ0n) is 11.1. The van der Waals surface area contributed by atoms with Crippen LogP contribution in [0.4, 0.5) is 5.69 Å². The van der Waals surface area contributed by atoms with Gasteiger partial charge in [0.1, 0.15) is 0 Å². The van der Waals surface area contributed by atoms with Crippen molar-refractivity contribution in [3.63, 3.8) is 0 Å². The summed E-state index contributed by atoms with van der Waals surface area (Å²) in [4.78, 5) is 22.4. The summed E-state index contributed by atoms with van der Waals surface area (Å²) in [5.74, 6) is -0.505. The SMILES string of the molecule is COC(=O)c1cc(-c2ccccc2)c([N+](=O)[O-])cc1C. The quantitative estimate of drug-likeness (QED) is 0.487. The third kappa shape index (κ3) is 2.51. The Bertz CT molecular complexity index is 665. The monoisotopic (exact) mass is 271 g/mol. The van der Waals surface area contributed by atoms with Gasteiger partial charge in [0.2, 0.25) is 0 Å². The molecular weight excluding hydrogens is 258 g/mol. The van der Waals surface area contributed by atoms with E-state index in [9.17, 15) is 14.9 Å². The van der Waals surface area contributed by atoms with Gasteiger partial charge in [-0.1, -0.05) is 30.3 Å². The fraction of sp³-hybridized carbons (Fsp3) is 0.133. The molecule has 2 aromatic rings. The van der Waals surface area contributed by atoms with Crippen LogP contribution < -0.4 is 0 Å². The van der Waals surface area contributed by atoms with Gasteiger partial charge in [-0.2, -0.15) is 0 Å². The van der Waals surface area contributed by atoms with Crippen molar-refractivity contribution < 1.29 is 14.5 Å². The molecule has 0 unspecified atom stereocenters. The second-order valence-corrected chi connectivity index (χ2v) is 4.30. The second kappa shape index (κ2) is 5.52.